The lowest BCUT2D eigenvalue weighted by Gasteiger charge is -2.14. The van der Waals surface area contributed by atoms with Crippen LogP contribution in [-0.2, 0) is 9.53 Å². The molecule has 2 rings (SSSR count). The molecule has 19 heavy (non-hydrogen) atoms. The molecule has 1 N–H and O–H groups in total. The molecule has 0 bridgehead atoms. The van der Waals surface area contributed by atoms with E-state index in [4.69, 9.17) is 4.74 Å². The van der Waals surface area contributed by atoms with Crippen LogP contribution in [0.2, 0.25) is 0 Å². The van der Waals surface area contributed by atoms with Gasteiger partial charge in [-0.3, -0.25) is 4.79 Å². The van der Waals surface area contributed by atoms with Crippen LogP contribution in [0.3, 0.4) is 0 Å². The van der Waals surface area contributed by atoms with Crippen LogP contribution in [0.1, 0.15) is 12.8 Å². The van der Waals surface area contributed by atoms with Gasteiger partial charge in [0.2, 0.25) is 0 Å². The van der Waals surface area contributed by atoms with Gasteiger partial charge in [-0.2, -0.15) is 8.78 Å². The Balaban J connectivity index is 2.11. The topological polar surface area (TPSA) is 47.6 Å². The van der Waals surface area contributed by atoms with Gasteiger partial charge in [-0.15, -0.1) is 0 Å². The number of benzene rings is 1. The van der Waals surface area contributed by atoms with Crippen molar-refractivity contribution in [1.29, 1.82) is 0 Å². The number of alkyl halides is 2. The number of carbonyl (C=O) groups is 1. The van der Waals surface area contributed by atoms with Crippen molar-refractivity contribution in [2.45, 2.75) is 25.6 Å². The van der Waals surface area contributed by atoms with Gasteiger partial charge in [-0.25, -0.2) is 0 Å². The van der Waals surface area contributed by atoms with Crippen molar-refractivity contribution in [1.82, 2.24) is 0 Å². The van der Waals surface area contributed by atoms with E-state index < -0.39 is 12.7 Å². The van der Waals surface area contributed by atoms with Crippen molar-refractivity contribution in [2.75, 3.05) is 11.9 Å². The van der Waals surface area contributed by atoms with E-state index in [0.29, 0.717) is 17.5 Å². The van der Waals surface area contributed by atoms with Gasteiger partial charge in [-0.05, 0) is 31.0 Å². The fraction of sp³-hybridized carbons (Fsp3) is 0.417. The molecule has 1 aliphatic heterocycles. The van der Waals surface area contributed by atoms with Gasteiger partial charge in [0.15, 0.2) is 5.75 Å². The molecule has 1 atom stereocenters. The molecule has 0 aliphatic carbocycles. The minimum atomic E-state index is -2.95. The lowest BCUT2D eigenvalue weighted by molar-refractivity contribution is -0.124. The van der Waals surface area contributed by atoms with Crippen molar-refractivity contribution in [2.24, 2.45) is 0 Å². The van der Waals surface area contributed by atoms with Crippen LogP contribution in [0.4, 0.5) is 14.5 Å². The number of anilines is 1. The fourth-order valence-electron chi connectivity index (χ4n) is 1.79. The van der Waals surface area contributed by atoms with Crippen molar-refractivity contribution in [3.05, 3.63) is 22.7 Å². The zero-order valence-electron chi connectivity index (χ0n) is 9.87. The Morgan fingerprint density at radius 3 is 2.95 bits per heavy atom. The number of hydrogen-bond acceptors (Lipinski definition) is 3. The Kier molecular flexibility index (Phi) is 4.71. The summed E-state index contributed by atoms with van der Waals surface area (Å²) in [5.41, 5.74) is 0.198. The van der Waals surface area contributed by atoms with Crippen LogP contribution >= 0.6 is 15.9 Å². The second-order valence-corrected chi connectivity index (χ2v) is 4.93. The van der Waals surface area contributed by atoms with E-state index in [2.05, 4.69) is 26.0 Å². The third kappa shape index (κ3) is 3.87. The second kappa shape index (κ2) is 6.29. The largest absolute Gasteiger partial charge is 0.433 e. The molecule has 0 spiro atoms. The molecule has 0 aromatic heterocycles. The summed E-state index contributed by atoms with van der Waals surface area (Å²) >= 11 is 3.16. The molecule has 1 aromatic carbocycles. The number of amides is 1. The third-order valence-electron chi connectivity index (χ3n) is 2.64. The maximum Gasteiger partial charge on any atom is 0.387 e. The van der Waals surface area contributed by atoms with E-state index in [1.807, 2.05) is 0 Å². The predicted octanol–water partition coefficient (Wildman–Crippen LogP) is 3.17. The molecule has 7 heteroatoms. The molecule has 1 fully saturated rings. The van der Waals surface area contributed by atoms with Gasteiger partial charge in [0, 0.05) is 11.1 Å². The summed E-state index contributed by atoms with van der Waals surface area (Å²) in [5.74, 6) is -0.435. The highest BCUT2D eigenvalue weighted by molar-refractivity contribution is 9.10. The van der Waals surface area contributed by atoms with Crippen LogP contribution < -0.4 is 10.1 Å². The van der Waals surface area contributed by atoms with Crippen LogP contribution in [-0.4, -0.2) is 25.2 Å². The second-order valence-electron chi connectivity index (χ2n) is 4.01. The van der Waals surface area contributed by atoms with Crippen LogP contribution in [0.5, 0.6) is 5.75 Å². The highest BCUT2D eigenvalue weighted by atomic mass is 79.9. The summed E-state index contributed by atoms with van der Waals surface area (Å²) in [4.78, 5) is 11.8. The average Bonchev–Trinajstić information content (AvgIpc) is 2.85. The number of nitrogens with one attached hydrogen (secondary N) is 1. The maximum atomic E-state index is 12.3. The molecule has 4 nitrogen and oxygen atoms in total. The first-order valence-corrected chi connectivity index (χ1v) is 6.52. The Labute approximate surface area is 117 Å². The molecule has 1 saturated heterocycles. The molecule has 1 heterocycles. The first-order chi connectivity index (χ1) is 9.06. The number of rotatable bonds is 4. The van der Waals surface area contributed by atoms with Crippen molar-refractivity contribution < 1.29 is 23.0 Å². The molecule has 104 valence electrons. The van der Waals surface area contributed by atoms with Crippen LogP contribution in [0.15, 0.2) is 22.7 Å². The Hall–Kier alpha value is -1.21. The lowest BCUT2D eigenvalue weighted by atomic mass is 10.2. The highest BCUT2D eigenvalue weighted by Crippen LogP contribution is 2.30. The fourth-order valence-corrected chi connectivity index (χ4v) is 2.13. The molecule has 0 saturated carbocycles. The van der Waals surface area contributed by atoms with E-state index in [1.165, 1.54) is 12.1 Å². The molecular weight excluding hydrogens is 324 g/mol. The zero-order valence-corrected chi connectivity index (χ0v) is 11.5. The third-order valence-corrected chi connectivity index (χ3v) is 3.13. The Morgan fingerprint density at radius 1 is 1.53 bits per heavy atom. The predicted molar refractivity (Wildman–Crippen MR) is 68.4 cm³/mol. The van der Waals surface area contributed by atoms with E-state index in [-0.39, 0.29) is 17.3 Å². The zero-order chi connectivity index (χ0) is 13.8. The van der Waals surface area contributed by atoms with Gasteiger partial charge in [-0.1, -0.05) is 15.9 Å². The van der Waals surface area contributed by atoms with E-state index in [0.717, 1.165) is 6.42 Å². The van der Waals surface area contributed by atoms with E-state index in [1.54, 1.807) is 6.07 Å². The molecule has 0 radical (unpaired) electrons. The summed E-state index contributed by atoms with van der Waals surface area (Å²) in [5, 5.41) is 2.54. The Bertz CT molecular complexity index is 464. The molecular formula is C12H12BrF2NO3. The molecule has 1 amide bonds. The number of halogens is 3. The highest BCUT2D eigenvalue weighted by Gasteiger charge is 2.24. The normalized spacial score (nSPS) is 18.6. The molecule has 1 aliphatic rings. The summed E-state index contributed by atoms with van der Waals surface area (Å²) in [7, 11) is 0. The van der Waals surface area contributed by atoms with Gasteiger partial charge < -0.3 is 14.8 Å². The summed E-state index contributed by atoms with van der Waals surface area (Å²) in [6, 6.07) is 4.50. The average molecular weight is 336 g/mol. The summed E-state index contributed by atoms with van der Waals surface area (Å²) < 4.78 is 34.8. The van der Waals surface area contributed by atoms with Crippen molar-refractivity contribution >= 4 is 27.5 Å². The number of hydrogen-bond donors (Lipinski definition) is 1. The number of carbonyl (C=O) groups excluding carboxylic acids is 1. The minimum Gasteiger partial charge on any atom is -0.433 e. The lowest BCUT2D eigenvalue weighted by Crippen LogP contribution is -2.27. The SMILES string of the molecule is O=C(Nc1ccc(Br)cc1OC(F)F)[C@@H]1CCCO1. The van der Waals surface area contributed by atoms with Gasteiger partial charge >= 0.3 is 6.61 Å². The summed E-state index contributed by atoms with van der Waals surface area (Å²) in [6.07, 6.45) is 0.926. The quantitative estimate of drug-likeness (QED) is 0.919. The first kappa shape index (κ1) is 14.2. The van der Waals surface area contributed by atoms with E-state index >= 15 is 0 Å². The molecule has 0 unspecified atom stereocenters. The monoisotopic (exact) mass is 335 g/mol. The van der Waals surface area contributed by atoms with E-state index in [9.17, 15) is 13.6 Å². The first-order valence-electron chi connectivity index (χ1n) is 5.73. The summed E-state index contributed by atoms with van der Waals surface area (Å²) in [6.45, 7) is -2.41. The smallest absolute Gasteiger partial charge is 0.387 e. The van der Waals surface area contributed by atoms with Gasteiger partial charge in [0.1, 0.15) is 6.10 Å². The standard InChI is InChI=1S/C12H12BrF2NO3/c13-7-3-4-8(10(6-7)19-12(14)15)16-11(17)9-2-1-5-18-9/h3-4,6,9,12H,1-2,5H2,(H,16,17)/t9-/m0/s1. The maximum absolute atomic E-state index is 12.3. The van der Waals surface area contributed by atoms with Crippen molar-refractivity contribution in [3.8, 4) is 5.75 Å². The Morgan fingerprint density at radius 2 is 2.32 bits per heavy atom. The minimum absolute atomic E-state index is 0.0873. The number of ether oxygens (including phenoxy) is 2. The van der Waals surface area contributed by atoms with Crippen LogP contribution in [0, 0.1) is 0 Å². The van der Waals surface area contributed by atoms with Crippen molar-refractivity contribution in [3.63, 3.8) is 0 Å². The molecule has 1 aromatic rings. The van der Waals surface area contributed by atoms with Gasteiger partial charge in [0.25, 0.3) is 5.91 Å². The van der Waals surface area contributed by atoms with Gasteiger partial charge in [0.05, 0.1) is 5.69 Å². The van der Waals surface area contributed by atoms with Crippen LogP contribution in [0.25, 0.3) is 0 Å².